The number of piperidine rings is 1. The molecule has 5 nitrogen and oxygen atoms in total. The van der Waals surface area contributed by atoms with Crippen LogP contribution in [0.15, 0.2) is 0 Å². The summed E-state index contributed by atoms with van der Waals surface area (Å²) in [6, 6.07) is -0.153. The third-order valence-electron chi connectivity index (χ3n) is 3.85. The van der Waals surface area contributed by atoms with Gasteiger partial charge in [-0.05, 0) is 40.0 Å². The summed E-state index contributed by atoms with van der Waals surface area (Å²) in [5, 5.41) is 0. The lowest BCUT2D eigenvalue weighted by molar-refractivity contribution is -0.137. The fourth-order valence-electron chi connectivity index (χ4n) is 2.32. The van der Waals surface area contributed by atoms with Gasteiger partial charge in [0.2, 0.25) is 5.91 Å². The molecule has 1 aliphatic rings. The highest BCUT2D eigenvalue weighted by molar-refractivity contribution is 7.92. The van der Waals surface area contributed by atoms with Crippen LogP contribution in [0.25, 0.3) is 0 Å². The zero-order chi connectivity index (χ0) is 14.8. The Hall–Kier alpha value is -0.910. The minimum Gasteiger partial charge on any atom is -0.338 e. The first-order chi connectivity index (χ1) is 8.57. The predicted molar refractivity (Wildman–Crippen MR) is 73.6 cm³/mol. The molecule has 0 radical (unpaired) electrons. The summed E-state index contributed by atoms with van der Waals surface area (Å²) < 4.78 is 22.1. The van der Waals surface area contributed by atoms with Gasteiger partial charge in [0.1, 0.15) is 10.5 Å². The first-order valence-electron chi connectivity index (χ1n) is 6.57. The van der Waals surface area contributed by atoms with Crippen LogP contribution in [0.1, 0.15) is 46.5 Å². The molecule has 0 saturated carbocycles. The van der Waals surface area contributed by atoms with Crippen LogP contribution in [0, 0.1) is 0 Å². The molecule has 1 atom stereocenters. The molecule has 1 heterocycles. The third-order valence-corrected chi connectivity index (χ3v) is 5.88. The predicted octanol–water partition coefficient (Wildman–Crippen LogP) is 1.17. The second kappa shape index (κ2) is 5.61. The van der Waals surface area contributed by atoms with Crippen LogP contribution in [-0.4, -0.2) is 48.6 Å². The van der Waals surface area contributed by atoms with Gasteiger partial charge >= 0.3 is 0 Å². The SMILES string of the molecule is CC(=O)CC1CCCCN1C(=O)C(C)(C)S(C)(=O)=O. The Bertz CT molecular complexity index is 467. The molecule has 1 saturated heterocycles. The summed E-state index contributed by atoms with van der Waals surface area (Å²) in [6.45, 7) is 4.91. The van der Waals surface area contributed by atoms with Crippen molar-refractivity contribution in [1.82, 2.24) is 4.90 Å². The second-order valence-corrected chi connectivity index (χ2v) is 8.40. The van der Waals surface area contributed by atoms with Gasteiger partial charge in [-0.3, -0.25) is 9.59 Å². The Balaban J connectivity index is 2.98. The van der Waals surface area contributed by atoms with Gasteiger partial charge in [-0.1, -0.05) is 0 Å². The molecule has 0 aliphatic carbocycles. The Labute approximate surface area is 115 Å². The van der Waals surface area contributed by atoms with E-state index in [0.717, 1.165) is 25.5 Å². The van der Waals surface area contributed by atoms with Gasteiger partial charge in [-0.2, -0.15) is 0 Å². The largest absolute Gasteiger partial charge is 0.338 e. The quantitative estimate of drug-likeness (QED) is 0.779. The number of likely N-dealkylation sites (tertiary alicyclic amines) is 1. The number of ketones is 1. The first kappa shape index (κ1) is 16.1. The second-order valence-electron chi connectivity index (χ2n) is 5.84. The van der Waals surface area contributed by atoms with E-state index in [1.807, 2.05) is 0 Å². The summed E-state index contributed by atoms with van der Waals surface area (Å²) in [6.07, 6.45) is 3.99. The molecular weight excluding hydrogens is 266 g/mol. The maximum absolute atomic E-state index is 12.5. The van der Waals surface area contributed by atoms with E-state index in [4.69, 9.17) is 0 Å². The van der Waals surface area contributed by atoms with Crippen molar-refractivity contribution < 1.29 is 18.0 Å². The number of hydrogen-bond donors (Lipinski definition) is 0. The Morgan fingerprint density at radius 2 is 1.84 bits per heavy atom. The Morgan fingerprint density at radius 1 is 1.26 bits per heavy atom. The van der Waals surface area contributed by atoms with Crippen molar-refractivity contribution in [3.63, 3.8) is 0 Å². The van der Waals surface area contributed by atoms with Crippen LogP contribution in [0.3, 0.4) is 0 Å². The highest BCUT2D eigenvalue weighted by Gasteiger charge is 2.43. The minimum absolute atomic E-state index is 0.0295. The standard InChI is InChI=1S/C13H23NO4S/c1-10(15)9-11-7-5-6-8-14(11)12(16)13(2,3)19(4,17)18/h11H,5-9H2,1-4H3. The van der Waals surface area contributed by atoms with E-state index in [1.54, 1.807) is 4.90 Å². The zero-order valence-corrected chi connectivity index (χ0v) is 12.9. The van der Waals surface area contributed by atoms with Crippen molar-refractivity contribution in [1.29, 1.82) is 0 Å². The highest BCUT2D eigenvalue weighted by Crippen LogP contribution is 2.26. The van der Waals surface area contributed by atoms with Crippen molar-refractivity contribution in [2.24, 2.45) is 0 Å². The lowest BCUT2D eigenvalue weighted by Crippen LogP contribution is -2.55. The Morgan fingerprint density at radius 3 is 2.32 bits per heavy atom. The third kappa shape index (κ3) is 3.55. The number of amides is 1. The van der Waals surface area contributed by atoms with Gasteiger partial charge in [-0.25, -0.2) is 8.42 Å². The summed E-state index contributed by atoms with van der Waals surface area (Å²) in [5.41, 5.74) is 0. The van der Waals surface area contributed by atoms with Crippen molar-refractivity contribution in [2.45, 2.75) is 57.2 Å². The van der Waals surface area contributed by atoms with E-state index in [9.17, 15) is 18.0 Å². The Kier molecular flexibility index (Phi) is 4.76. The molecule has 0 spiro atoms. The van der Waals surface area contributed by atoms with Crippen molar-refractivity contribution in [3.8, 4) is 0 Å². The van der Waals surface area contributed by atoms with Gasteiger partial charge in [0.05, 0.1) is 0 Å². The number of hydrogen-bond acceptors (Lipinski definition) is 4. The van der Waals surface area contributed by atoms with Crippen LogP contribution >= 0.6 is 0 Å². The molecule has 6 heteroatoms. The molecule has 0 aromatic rings. The number of carbonyl (C=O) groups is 2. The van der Waals surface area contributed by atoms with Crippen LogP contribution in [-0.2, 0) is 19.4 Å². The highest BCUT2D eigenvalue weighted by atomic mass is 32.2. The smallest absolute Gasteiger partial charge is 0.243 e. The van der Waals surface area contributed by atoms with E-state index in [-0.39, 0.29) is 17.7 Å². The summed E-state index contributed by atoms with van der Waals surface area (Å²) >= 11 is 0. The van der Waals surface area contributed by atoms with Gasteiger partial charge in [0, 0.05) is 25.3 Å². The summed E-state index contributed by atoms with van der Waals surface area (Å²) in [4.78, 5) is 25.4. The molecule has 1 amide bonds. The van der Waals surface area contributed by atoms with Crippen molar-refractivity contribution in [2.75, 3.05) is 12.8 Å². The van der Waals surface area contributed by atoms with Crippen LogP contribution in [0.4, 0.5) is 0 Å². The maximum Gasteiger partial charge on any atom is 0.243 e. The van der Waals surface area contributed by atoms with Gasteiger partial charge in [0.15, 0.2) is 9.84 Å². The molecule has 0 aromatic heterocycles. The maximum atomic E-state index is 12.5. The number of sulfone groups is 1. The number of Topliss-reactive ketones (excluding diaryl/α,β-unsaturated/α-hetero) is 1. The van der Waals surface area contributed by atoms with Gasteiger partial charge in [0.25, 0.3) is 0 Å². The van der Waals surface area contributed by atoms with Crippen molar-refractivity contribution in [3.05, 3.63) is 0 Å². The molecular formula is C13H23NO4S. The lowest BCUT2D eigenvalue weighted by Gasteiger charge is -2.39. The van der Waals surface area contributed by atoms with E-state index < -0.39 is 14.6 Å². The average molecular weight is 289 g/mol. The number of carbonyl (C=O) groups excluding carboxylic acids is 2. The average Bonchev–Trinajstić information content (AvgIpc) is 2.26. The minimum atomic E-state index is -3.48. The topological polar surface area (TPSA) is 71.5 Å². The fourth-order valence-corrected chi connectivity index (χ4v) is 2.75. The van der Waals surface area contributed by atoms with Crippen LogP contribution in [0.2, 0.25) is 0 Å². The molecule has 110 valence electrons. The van der Waals surface area contributed by atoms with Crippen LogP contribution < -0.4 is 0 Å². The lowest BCUT2D eigenvalue weighted by atomic mass is 9.96. The summed E-state index contributed by atoms with van der Waals surface area (Å²) in [5.74, 6) is -0.359. The number of nitrogens with zero attached hydrogens (tertiary/aromatic N) is 1. The molecule has 1 rings (SSSR count). The normalized spacial score (nSPS) is 21.3. The molecule has 0 N–H and O–H groups in total. The fraction of sp³-hybridized carbons (Fsp3) is 0.846. The molecule has 0 aromatic carbocycles. The molecule has 19 heavy (non-hydrogen) atoms. The summed E-state index contributed by atoms with van der Waals surface area (Å²) in [7, 11) is -3.48. The van der Waals surface area contributed by atoms with Crippen molar-refractivity contribution >= 4 is 21.5 Å². The van der Waals surface area contributed by atoms with E-state index in [2.05, 4.69) is 0 Å². The molecule has 1 unspecified atom stereocenters. The number of rotatable bonds is 4. The van der Waals surface area contributed by atoms with E-state index >= 15 is 0 Å². The first-order valence-corrected chi connectivity index (χ1v) is 8.46. The molecule has 0 bridgehead atoms. The monoisotopic (exact) mass is 289 g/mol. The molecule has 1 aliphatic heterocycles. The van der Waals surface area contributed by atoms with Gasteiger partial charge < -0.3 is 4.90 Å². The van der Waals surface area contributed by atoms with E-state index in [0.29, 0.717) is 13.0 Å². The molecule has 1 fully saturated rings. The zero-order valence-electron chi connectivity index (χ0n) is 12.1. The van der Waals surface area contributed by atoms with Crippen LogP contribution in [0.5, 0.6) is 0 Å². The van der Waals surface area contributed by atoms with Gasteiger partial charge in [-0.15, -0.1) is 0 Å². The van der Waals surface area contributed by atoms with E-state index in [1.165, 1.54) is 20.8 Å².